The second-order valence-electron chi connectivity index (χ2n) is 4.84. The maximum Gasteiger partial charge on any atom is 0.261 e. The smallest absolute Gasteiger partial charge is 0.261 e. The molecule has 0 saturated carbocycles. The highest BCUT2D eigenvalue weighted by Crippen LogP contribution is 2.14. The van der Waals surface area contributed by atoms with Gasteiger partial charge in [-0.2, -0.15) is 5.26 Å². The van der Waals surface area contributed by atoms with Crippen LogP contribution in [0.2, 0.25) is 0 Å². The van der Waals surface area contributed by atoms with Gasteiger partial charge >= 0.3 is 0 Å². The molecule has 0 saturated heterocycles. The molecule has 3 N–H and O–H groups in total. The van der Waals surface area contributed by atoms with E-state index in [2.05, 4.69) is 5.32 Å². The van der Waals surface area contributed by atoms with Gasteiger partial charge in [0.25, 0.3) is 5.91 Å². The van der Waals surface area contributed by atoms with Crippen molar-refractivity contribution in [3.63, 3.8) is 0 Å². The Bertz CT molecular complexity index is 495. The quantitative estimate of drug-likeness (QED) is 0.682. The molecule has 0 radical (unpaired) electrons. The molecule has 1 amide bonds. The summed E-state index contributed by atoms with van der Waals surface area (Å²) in [5.41, 5.74) is -0.538. The van der Waals surface area contributed by atoms with Gasteiger partial charge in [0.15, 0.2) is 6.10 Å². The number of nitrogens with one attached hydrogen (secondary N) is 1. The number of carbonyl (C=O) groups is 1. The number of nitrogens with zero attached hydrogens (tertiary/aromatic N) is 1. The van der Waals surface area contributed by atoms with E-state index in [-0.39, 0.29) is 13.2 Å². The van der Waals surface area contributed by atoms with Crippen LogP contribution < -0.4 is 10.1 Å². The Morgan fingerprint density at radius 1 is 1.38 bits per heavy atom. The average Bonchev–Trinajstić information content (AvgIpc) is 2.53. The van der Waals surface area contributed by atoms with E-state index in [1.54, 1.807) is 38.1 Å². The molecule has 1 unspecified atom stereocenters. The van der Waals surface area contributed by atoms with E-state index in [4.69, 9.17) is 10.00 Å². The fourth-order valence-corrected chi connectivity index (χ4v) is 1.67. The molecule has 6 heteroatoms. The van der Waals surface area contributed by atoms with Crippen molar-refractivity contribution in [2.75, 3.05) is 13.2 Å². The molecule has 0 aliphatic heterocycles. The molecule has 114 valence electrons. The lowest BCUT2D eigenvalue weighted by Crippen LogP contribution is -2.56. The van der Waals surface area contributed by atoms with Gasteiger partial charge in [-0.25, -0.2) is 0 Å². The minimum absolute atomic E-state index is 0.352. The highest BCUT2D eigenvalue weighted by Gasteiger charge is 2.30. The second kappa shape index (κ2) is 7.62. The van der Waals surface area contributed by atoms with Crippen molar-refractivity contribution >= 4 is 5.91 Å². The molecule has 0 spiro atoms. The lowest BCUT2D eigenvalue weighted by Gasteiger charge is -2.31. The van der Waals surface area contributed by atoms with Crippen molar-refractivity contribution in [3.05, 3.63) is 29.8 Å². The molecule has 21 heavy (non-hydrogen) atoms. The standard InChI is InChI=1S/C15H20N2O4/c1-3-15(9-18,10-19)17-14(20)11(2)21-13-6-4-12(8-16)5-7-13/h4-7,11,18-19H,3,9-10H2,1-2H3,(H,17,20). The van der Waals surface area contributed by atoms with E-state index in [0.717, 1.165) is 0 Å². The summed E-state index contributed by atoms with van der Waals surface area (Å²) in [4.78, 5) is 12.1. The van der Waals surface area contributed by atoms with E-state index >= 15 is 0 Å². The Morgan fingerprint density at radius 2 is 1.95 bits per heavy atom. The summed E-state index contributed by atoms with van der Waals surface area (Å²) in [6, 6.07) is 8.39. The molecule has 0 bridgehead atoms. The average molecular weight is 292 g/mol. The maximum atomic E-state index is 12.1. The molecule has 6 nitrogen and oxygen atoms in total. The largest absolute Gasteiger partial charge is 0.481 e. The summed E-state index contributed by atoms with van der Waals surface area (Å²) in [5.74, 6) is 0.0380. The molecule has 0 aromatic heterocycles. The number of aliphatic hydroxyl groups excluding tert-OH is 2. The molecule has 0 aliphatic carbocycles. The number of ether oxygens (including phenoxy) is 1. The van der Waals surface area contributed by atoms with Gasteiger partial charge in [-0.05, 0) is 37.6 Å². The Hall–Kier alpha value is -2.10. The predicted octanol–water partition coefficient (Wildman–Crippen LogP) is 0.575. The van der Waals surface area contributed by atoms with Crippen molar-refractivity contribution in [3.8, 4) is 11.8 Å². The van der Waals surface area contributed by atoms with Crippen molar-refractivity contribution in [2.45, 2.75) is 31.9 Å². The molecular formula is C15H20N2O4. The number of benzene rings is 1. The molecule has 1 atom stereocenters. The minimum Gasteiger partial charge on any atom is -0.481 e. The Balaban J connectivity index is 2.67. The molecule has 0 fully saturated rings. The first-order chi connectivity index (χ1) is 10.00. The van der Waals surface area contributed by atoms with Gasteiger partial charge in [0.1, 0.15) is 5.75 Å². The summed E-state index contributed by atoms with van der Waals surface area (Å²) in [7, 11) is 0. The number of nitriles is 1. The van der Waals surface area contributed by atoms with Crippen LogP contribution in [0.1, 0.15) is 25.8 Å². The molecule has 1 aromatic rings. The molecule has 0 heterocycles. The van der Waals surface area contributed by atoms with Crippen LogP contribution in [0.3, 0.4) is 0 Å². The fourth-order valence-electron chi connectivity index (χ4n) is 1.67. The highest BCUT2D eigenvalue weighted by atomic mass is 16.5. The Labute approximate surface area is 124 Å². The zero-order valence-corrected chi connectivity index (χ0v) is 12.2. The summed E-state index contributed by atoms with van der Waals surface area (Å²) >= 11 is 0. The summed E-state index contributed by atoms with van der Waals surface area (Å²) in [6.45, 7) is 2.63. The van der Waals surface area contributed by atoms with Crippen LogP contribution in [0, 0.1) is 11.3 Å². The van der Waals surface area contributed by atoms with E-state index in [0.29, 0.717) is 17.7 Å². The number of hydrogen-bond donors (Lipinski definition) is 3. The zero-order valence-electron chi connectivity index (χ0n) is 12.2. The van der Waals surface area contributed by atoms with Crippen LogP contribution in [0.5, 0.6) is 5.75 Å². The number of rotatable bonds is 7. The first kappa shape index (κ1) is 17.0. The van der Waals surface area contributed by atoms with Crippen molar-refractivity contribution < 1.29 is 19.7 Å². The van der Waals surface area contributed by atoms with Crippen LogP contribution in [-0.2, 0) is 4.79 Å². The van der Waals surface area contributed by atoms with Gasteiger partial charge in [0, 0.05) is 0 Å². The fraction of sp³-hybridized carbons (Fsp3) is 0.467. The lowest BCUT2D eigenvalue weighted by atomic mass is 9.98. The van der Waals surface area contributed by atoms with Crippen LogP contribution in [0.4, 0.5) is 0 Å². The maximum absolute atomic E-state index is 12.1. The van der Waals surface area contributed by atoms with Crippen LogP contribution in [-0.4, -0.2) is 41.0 Å². The molecule has 1 aromatic carbocycles. The van der Waals surface area contributed by atoms with Gasteiger partial charge in [0.2, 0.25) is 0 Å². The lowest BCUT2D eigenvalue weighted by molar-refractivity contribution is -0.130. The number of amides is 1. The van der Waals surface area contributed by atoms with E-state index in [1.807, 2.05) is 6.07 Å². The van der Waals surface area contributed by atoms with Crippen molar-refractivity contribution in [1.82, 2.24) is 5.32 Å². The molecule has 1 rings (SSSR count). The summed E-state index contributed by atoms with van der Waals surface area (Å²) in [5, 5.41) is 29.9. The van der Waals surface area contributed by atoms with Gasteiger partial charge < -0.3 is 20.3 Å². The Morgan fingerprint density at radius 3 is 2.38 bits per heavy atom. The first-order valence-corrected chi connectivity index (χ1v) is 6.71. The highest BCUT2D eigenvalue weighted by molar-refractivity contribution is 5.81. The van der Waals surface area contributed by atoms with E-state index in [9.17, 15) is 15.0 Å². The van der Waals surface area contributed by atoms with E-state index in [1.165, 1.54) is 0 Å². The van der Waals surface area contributed by atoms with Crippen molar-refractivity contribution in [2.24, 2.45) is 0 Å². The van der Waals surface area contributed by atoms with Crippen LogP contribution in [0.25, 0.3) is 0 Å². The normalized spacial score (nSPS) is 12.3. The zero-order chi connectivity index (χ0) is 15.9. The monoisotopic (exact) mass is 292 g/mol. The third-order valence-corrected chi connectivity index (χ3v) is 3.34. The topological polar surface area (TPSA) is 103 Å². The Kier molecular flexibility index (Phi) is 6.15. The van der Waals surface area contributed by atoms with Gasteiger partial charge in [-0.1, -0.05) is 6.92 Å². The van der Waals surface area contributed by atoms with E-state index < -0.39 is 17.6 Å². The number of aliphatic hydroxyl groups is 2. The van der Waals surface area contributed by atoms with Gasteiger partial charge in [-0.15, -0.1) is 0 Å². The third-order valence-electron chi connectivity index (χ3n) is 3.34. The number of hydrogen-bond acceptors (Lipinski definition) is 5. The van der Waals surface area contributed by atoms with Gasteiger partial charge in [-0.3, -0.25) is 4.79 Å². The number of carbonyl (C=O) groups excluding carboxylic acids is 1. The minimum atomic E-state index is -1.04. The third kappa shape index (κ3) is 4.45. The SMILES string of the molecule is CCC(CO)(CO)NC(=O)C(C)Oc1ccc(C#N)cc1. The summed E-state index contributed by atoms with van der Waals surface area (Å²) in [6.07, 6.45) is -0.392. The molecule has 0 aliphatic rings. The van der Waals surface area contributed by atoms with Crippen LogP contribution in [0.15, 0.2) is 24.3 Å². The second-order valence-corrected chi connectivity index (χ2v) is 4.84. The van der Waals surface area contributed by atoms with Crippen LogP contribution >= 0.6 is 0 Å². The van der Waals surface area contributed by atoms with Crippen molar-refractivity contribution in [1.29, 1.82) is 5.26 Å². The van der Waals surface area contributed by atoms with Gasteiger partial charge in [0.05, 0.1) is 30.4 Å². The molecular weight excluding hydrogens is 272 g/mol. The summed E-state index contributed by atoms with van der Waals surface area (Å²) < 4.78 is 5.47. The predicted molar refractivity (Wildman–Crippen MR) is 76.6 cm³/mol. The first-order valence-electron chi connectivity index (χ1n) is 6.71.